The number of nitrogens with zero attached hydrogens (tertiary/aromatic N) is 3. The van der Waals surface area contributed by atoms with Crippen LogP contribution in [0.1, 0.15) is 30.1 Å². The molecule has 1 aliphatic heterocycles. The van der Waals surface area contributed by atoms with Crippen LogP contribution in [0.2, 0.25) is 0 Å². The number of rotatable bonds is 6. The number of nitrogens with one attached hydrogen (secondary N) is 1. The minimum Gasteiger partial charge on any atom is -0.497 e. The molecule has 1 unspecified atom stereocenters. The zero-order valence-electron chi connectivity index (χ0n) is 13.9. The quantitative estimate of drug-likeness (QED) is 0.885. The van der Waals surface area contributed by atoms with Gasteiger partial charge in [0, 0.05) is 6.54 Å². The normalized spacial score (nSPS) is 15.7. The number of hydrogen-bond acceptors (Lipinski definition) is 5. The lowest BCUT2D eigenvalue weighted by Crippen LogP contribution is -2.31. The molecule has 1 N–H and O–H groups in total. The summed E-state index contributed by atoms with van der Waals surface area (Å²) in [5, 5.41) is 12.3. The third kappa shape index (κ3) is 3.84. The Morgan fingerprint density at radius 2 is 1.96 bits per heavy atom. The van der Waals surface area contributed by atoms with Crippen LogP contribution in [0.25, 0.3) is 0 Å². The van der Waals surface area contributed by atoms with Gasteiger partial charge in [-0.3, -0.25) is 4.90 Å². The molecule has 1 aliphatic rings. The highest BCUT2D eigenvalue weighted by Gasteiger charge is 2.23. The van der Waals surface area contributed by atoms with Gasteiger partial charge in [0.25, 0.3) is 0 Å². The molecule has 1 fully saturated rings. The Bertz CT molecular complexity index is 685. The Morgan fingerprint density at radius 3 is 2.54 bits per heavy atom. The molecule has 2 heterocycles. The van der Waals surface area contributed by atoms with E-state index in [1.54, 1.807) is 19.4 Å². The average Bonchev–Trinajstić information content (AvgIpc) is 3.17. The Hall–Kier alpha value is -2.58. The molecule has 1 saturated heterocycles. The molecule has 3 rings (SSSR count). The molecule has 2 aromatic rings. The molecular formula is C19H22N4O. The molecule has 0 aliphatic carbocycles. The van der Waals surface area contributed by atoms with Crippen LogP contribution in [0.4, 0.5) is 5.69 Å². The molecule has 0 amide bonds. The second-order valence-corrected chi connectivity index (χ2v) is 5.96. The molecule has 0 radical (unpaired) electrons. The van der Waals surface area contributed by atoms with Crippen molar-refractivity contribution in [1.29, 1.82) is 5.26 Å². The molecule has 5 heteroatoms. The Morgan fingerprint density at radius 1 is 1.21 bits per heavy atom. The lowest BCUT2D eigenvalue weighted by Gasteiger charge is -2.28. The average molecular weight is 322 g/mol. The lowest BCUT2D eigenvalue weighted by atomic mass is 10.1. The number of hydrogen-bond donors (Lipinski definition) is 1. The second kappa shape index (κ2) is 7.80. The summed E-state index contributed by atoms with van der Waals surface area (Å²) in [5.74, 6) is 0.878. The Labute approximate surface area is 142 Å². The van der Waals surface area contributed by atoms with Crippen LogP contribution in [-0.4, -0.2) is 36.6 Å². The minimum absolute atomic E-state index is 0.314. The zero-order valence-corrected chi connectivity index (χ0v) is 13.9. The highest BCUT2D eigenvalue weighted by molar-refractivity contribution is 5.43. The molecule has 0 spiro atoms. The van der Waals surface area contributed by atoms with Gasteiger partial charge in [0.15, 0.2) is 0 Å². The van der Waals surface area contributed by atoms with Crippen molar-refractivity contribution in [1.82, 2.24) is 9.88 Å². The molecule has 24 heavy (non-hydrogen) atoms. The van der Waals surface area contributed by atoms with Crippen molar-refractivity contribution in [2.24, 2.45) is 0 Å². The first kappa shape index (κ1) is 16.3. The van der Waals surface area contributed by atoms with E-state index in [1.807, 2.05) is 24.3 Å². The first-order valence-corrected chi connectivity index (χ1v) is 8.28. The zero-order chi connectivity index (χ0) is 16.8. The summed E-state index contributed by atoms with van der Waals surface area (Å²) in [5.41, 5.74) is 2.66. The maximum absolute atomic E-state index is 8.83. The molecule has 5 nitrogen and oxygen atoms in total. The summed E-state index contributed by atoms with van der Waals surface area (Å²) in [6.07, 6.45) is 4.23. The maximum Gasteiger partial charge on any atom is 0.140 e. The fraction of sp³-hybridized carbons (Fsp3) is 0.368. The van der Waals surface area contributed by atoms with Gasteiger partial charge in [-0.25, -0.2) is 4.98 Å². The van der Waals surface area contributed by atoms with Crippen LogP contribution in [0.15, 0.2) is 42.6 Å². The second-order valence-electron chi connectivity index (χ2n) is 5.96. The predicted molar refractivity (Wildman–Crippen MR) is 94.0 cm³/mol. The first-order chi connectivity index (χ1) is 11.8. The van der Waals surface area contributed by atoms with Crippen molar-refractivity contribution >= 4 is 5.69 Å². The number of methoxy groups -OCH3 is 1. The van der Waals surface area contributed by atoms with Crippen molar-refractivity contribution < 1.29 is 4.74 Å². The van der Waals surface area contributed by atoms with Crippen LogP contribution < -0.4 is 10.1 Å². The van der Waals surface area contributed by atoms with Crippen LogP contribution >= 0.6 is 0 Å². The monoisotopic (exact) mass is 322 g/mol. The van der Waals surface area contributed by atoms with Gasteiger partial charge in [-0.15, -0.1) is 0 Å². The smallest absolute Gasteiger partial charge is 0.140 e. The fourth-order valence-corrected chi connectivity index (χ4v) is 3.12. The third-order valence-corrected chi connectivity index (χ3v) is 4.46. The van der Waals surface area contributed by atoms with E-state index in [0.717, 1.165) is 31.1 Å². The van der Waals surface area contributed by atoms with Gasteiger partial charge in [-0.05, 0) is 55.8 Å². The number of anilines is 1. The number of pyridine rings is 1. The van der Waals surface area contributed by atoms with E-state index >= 15 is 0 Å². The summed E-state index contributed by atoms with van der Waals surface area (Å²) in [4.78, 5) is 6.63. The number of aromatic nitrogens is 1. The first-order valence-electron chi connectivity index (χ1n) is 8.28. The number of benzene rings is 1. The fourth-order valence-electron chi connectivity index (χ4n) is 3.12. The van der Waals surface area contributed by atoms with Crippen LogP contribution in [0.3, 0.4) is 0 Å². The van der Waals surface area contributed by atoms with Gasteiger partial charge >= 0.3 is 0 Å². The van der Waals surface area contributed by atoms with Crippen molar-refractivity contribution in [3.8, 4) is 11.8 Å². The van der Waals surface area contributed by atoms with Gasteiger partial charge in [0.05, 0.1) is 25.0 Å². The summed E-state index contributed by atoms with van der Waals surface area (Å²) < 4.78 is 5.26. The molecular weight excluding hydrogens is 300 g/mol. The van der Waals surface area contributed by atoms with Crippen LogP contribution in [0, 0.1) is 11.3 Å². The number of likely N-dealkylation sites (tertiary alicyclic amines) is 1. The van der Waals surface area contributed by atoms with E-state index < -0.39 is 0 Å². The van der Waals surface area contributed by atoms with E-state index in [-0.39, 0.29) is 0 Å². The van der Waals surface area contributed by atoms with Crippen molar-refractivity contribution in [3.05, 3.63) is 53.9 Å². The highest BCUT2D eigenvalue weighted by atomic mass is 16.5. The molecule has 1 aromatic carbocycles. The van der Waals surface area contributed by atoms with Gasteiger partial charge in [-0.2, -0.15) is 5.26 Å². The van der Waals surface area contributed by atoms with Gasteiger partial charge in [0.1, 0.15) is 17.5 Å². The van der Waals surface area contributed by atoms with Crippen LogP contribution in [0.5, 0.6) is 5.75 Å². The van der Waals surface area contributed by atoms with E-state index in [0.29, 0.717) is 11.7 Å². The number of ether oxygens (including phenoxy) is 1. The molecule has 124 valence electrons. The van der Waals surface area contributed by atoms with Gasteiger partial charge < -0.3 is 10.1 Å². The Balaban J connectivity index is 1.72. The van der Waals surface area contributed by atoms with E-state index in [4.69, 9.17) is 10.00 Å². The molecule has 0 bridgehead atoms. The summed E-state index contributed by atoms with van der Waals surface area (Å²) in [7, 11) is 1.69. The standard InChI is InChI=1S/C19H22N4O/c1-24-18-8-4-15(5-9-18)19(23-10-2-3-11-23)14-22-17-7-6-16(12-20)21-13-17/h4-9,13,19,22H,2-3,10-11,14H2,1H3. The minimum atomic E-state index is 0.314. The third-order valence-electron chi connectivity index (χ3n) is 4.46. The largest absolute Gasteiger partial charge is 0.497 e. The summed E-state index contributed by atoms with van der Waals surface area (Å²) in [6, 6.07) is 14.3. The predicted octanol–water partition coefficient (Wildman–Crippen LogP) is 3.21. The van der Waals surface area contributed by atoms with E-state index in [9.17, 15) is 0 Å². The highest BCUT2D eigenvalue weighted by Crippen LogP contribution is 2.27. The number of nitriles is 1. The van der Waals surface area contributed by atoms with E-state index in [2.05, 4.69) is 27.3 Å². The molecule has 1 atom stereocenters. The molecule has 1 aromatic heterocycles. The van der Waals surface area contributed by atoms with Crippen LogP contribution in [-0.2, 0) is 0 Å². The van der Waals surface area contributed by atoms with Gasteiger partial charge in [0.2, 0.25) is 0 Å². The van der Waals surface area contributed by atoms with Gasteiger partial charge in [-0.1, -0.05) is 12.1 Å². The summed E-state index contributed by atoms with van der Waals surface area (Å²) in [6.45, 7) is 3.06. The summed E-state index contributed by atoms with van der Waals surface area (Å²) >= 11 is 0. The van der Waals surface area contributed by atoms with Crippen molar-refractivity contribution in [3.63, 3.8) is 0 Å². The Kier molecular flexibility index (Phi) is 5.29. The lowest BCUT2D eigenvalue weighted by molar-refractivity contribution is 0.256. The van der Waals surface area contributed by atoms with E-state index in [1.165, 1.54) is 18.4 Å². The maximum atomic E-state index is 8.83. The molecule has 0 saturated carbocycles. The van der Waals surface area contributed by atoms with Crippen molar-refractivity contribution in [2.75, 3.05) is 32.1 Å². The van der Waals surface area contributed by atoms with Crippen molar-refractivity contribution in [2.45, 2.75) is 18.9 Å². The SMILES string of the molecule is COc1ccc(C(CNc2ccc(C#N)nc2)N2CCCC2)cc1. The topological polar surface area (TPSA) is 61.2 Å².